The molecule has 0 aliphatic rings. The molecule has 3 heteroatoms. The van der Waals surface area contributed by atoms with E-state index in [2.05, 4.69) is 0 Å². The van der Waals surface area contributed by atoms with Gasteiger partial charge in [-0.3, -0.25) is 4.79 Å². The first-order valence-corrected chi connectivity index (χ1v) is 8.22. The van der Waals surface area contributed by atoms with Crippen LogP contribution < -0.4 is 0 Å². The minimum atomic E-state index is -0.681. The Morgan fingerprint density at radius 3 is 1.96 bits per heavy atom. The molecule has 0 heterocycles. The molecule has 0 aliphatic heterocycles. The van der Waals surface area contributed by atoms with Gasteiger partial charge < -0.3 is 9.47 Å². The molecule has 3 aromatic rings. The van der Waals surface area contributed by atoms with E-state index >= 15 is 0 Å². The molecule has 0 N–H and O–H groups in total. The number of carbonyl (C=O) groups excluding carboxylic acids is 1. The normalized spacial score (nSPS) is 11.8. The van der Waals surface area contributed by atoms with Crippen LogP contribution in [0.1, 0.15) is 27.6 Å². The average Bonchev–Trinajstić information content (AvgIpc) is 2.70. The zero-order chi connectivity index (χ0) is 17.3. The van der Waals surface area contributed by atoms with Gasteiger partial charge in [0.25, 0.3) is 0 Å². The third kappa shape index (κ3) is 4.86. The second-order valence-electron chi connectivity index (χ2n) is 5.64. The number of hydrogen-bond acceptors (Lipinski definition) is 3. The van der Waals surface area contributed by atoms with Gasteiger partial charge in [0.2, 0.25) is 0 Å². The van der Waals surface area contributed by atoms with Crippen molar-refractivity contribution in [1.29, 1.82) is 0 Å². The van der Waals surface area contributed by atoms with Gasteiger partial charge in [0, 0.05) is 5.56 Å². The van der Waals surface area contributed by atoms with Crippen molar-refractivity contribution < 1.29 is 14.3 Å². The second kappa shape index (κ2) is 8.92. The Kier molecular flexibility index (Phi) is 6.10. The molecule has 3 nitrogen and oxygen atoms in total. The first kappa shape index (κ1) is 17.1. The van der Waals surface area contributed by atoms with Crippen molar-refractivity contribution in [3.05, 3.63) is 108 Å². The van der Waals surface area contributed by atoms with Gasteiger partial charge in [0.15, 0.2) is 5.78 Å². The summed E-state index contributed by atoms with van der Waals surface area (Å²) in [6.07, 6.45) is -0.681. The maximum atomic E-state index is 12.8. The molecule has 3 aromatic carbocycles. The highest BCUT2D eigenvalue weighted by Crippen LogP contribution is 2.22. The van der Waals surface area contributed by atoms with Crippen molar-refractivity contribution in [2.45, 2.75) is 12.7 Å². The lowest BCUT2D eigenvalue weighted by atomic mass is 10.00. The van der Waals surface area contributed by atoms with Crippen molar-refractivity contribution in [2.24, 2.45) is 0 Å². The van der Waals surface area contributed by atoms with Crippen LogP contribution in [-0.2, 0) is 16.1 Å². The van der Waals surface area contributed by atoms with Crippen molar-refractivity contribution >= 4 is 5.78 Å². The highest BCUT2D eigenvalue weighted by atomic mass is 16.7. The summed E-state index contributed by atoms with van der Waals surface area (Å²) in [5, 5.41) is 0. The molecule has 0 spiro atoms. The molecule has 25 heavy (non-hydrogen) atoms. The Morgan fingerprint density at radius 2 is 1.32 bits per heavy atom. The zero-order valence-electron chi connectivity index (χ0n) is 13.9. The quantitative estimate of drug-likeness (QED) is 0.338. The zero-order valence-corrected chi connectivity index (χ0v) is 13.9. The Balaban J connectivity index is 1.66. The molecule has 126 valence electrons. The van der Waals surface area contributed by atoms with E-state index in [4.69, 9.17) is 9.47 Å². The molecule has 0 radical (unpaired) electrons. The van der Waals surface area contributed by atoms with Crippen molar-refractivity contribution in [3.63, 3.8) is 0 Å². The summed E-state index contributed by atoms with van der Waals surface area (Å²) in [4.78, 5) is 12.8. The van der Waals surface area contributed by atoms with E-state index in [0.29, 0.717) is 12.2 Å². The predicted octanol–water partition coefficient (Wildman–Crippen LogP) is 4.80. The smallest absolute Gasteiger partial charge is 0.196 e. The molecule has 0 amide bonds. The Labute approximate surface area is 147 Å². The summed E-state index contributed by atoms with van der Waals surface area (Å²) in [6.45, 7) is 0.495. The molecule has 0 bridgehead atoms. The minimum Gasteiger partial charge on any atom is -0.351 e. The first-order valence-electron chi connectivity index (χ1n) is 8.22. The summed E-state index contributed by atoms with van der Waals surface area (Å²) in [5.41, 5.74) is 2.51. The third-order valence-corrected chi connectivity index (χ3v) is 3.83. The van der Waals surface area contributed by atoms with Crippen LogP contribution in [0.4, 0.5) is 0 Å². The maximum Gasteiger partial charge on any atom is 0.196 e. The molecule has 3 rings (SSSR count). The number of Topliss-reactive ketones (excluding diaryl/α,β-unsaturated/α-hetero) is 1. The standard InChI is InChI=1S/C22H20O3/c23-21(19-12-6-2-7-13-19)22(20-14-8-3-9-15-20)25-17-24-16-18-10-4-1-5-11-18/h1-15,22H,16-17H2/t22-/m0/s1. The van der Waals surface area contributed by atoms with Gasteiger partial charge >= 0.3 is 0 Å². The molecular weight excluding hydrogens is 312 g/mol. The van der Waals surface area contributed by atoms with Crippen LogP contribution in [0.15, 0.2) is 91.0 Å². The summed E-state index contributed by atoms with van der Waals surface area (Å²) in [5.74, 6) is -0.0740. The lowest BCUT2D eigenvalue weighted by Gasteiger charge is -2.17. The van der Waals surface area contributed by atoms with Gasteiger partial charge in [-0.05, 0) is 11.1 Å². The topological polar surface area (TPSA) is 35.5 Å². The van der Waals surface area contributed by atoms with Crippen LogP contribution in [0.3, 0.4) is 0 Å². The Morgan fingerprint density at radius 1 is 0.760 bits per heavy atom. The van der Waals surface area contributed by atoms with Crippen LogP contribution >= 0.6 is 0 Å². The van der Waals surface area contributed by atoms with Crippen molar-refractivity contribution in [2.75, 3.05) is 6.79 Å². The number of carbonyl (C=O) groups is 1. The summed E-state index contributed by atoms with van der Waals surface area (Å²) < 4.78 is 11.4. The van der Waals surface area contributed by atoms with Crippen LogP contribution in [0.5, 0.6) is 0 Å². The molecule has 1 atom stereocenters. The minimum absolute atomic E-state index is 0.0486. The average molecular weight is 332 g/mol. The Bertz CT molecular complexity index is 770. The number of ketones is 1. The molecule has 0 saturated heterocycles. The van der Waals surface area contributed by atoms with E-state index in [0.717, 1.165) is 11.1 Å². The number of rotatable bonds is 8. The number of hydrogen-bond donors (Lipinski definition) is 0. The van der Waals surface area contributed by atoms with E-state index in [1.54, 1.807) is 12.1 Å². The monoisotopic (exact) mass is 332 g/mol. The highest BCUT2D eigenvalue weighted by molar-refractivity contribution is 6.00. The fourth-order valence-corrected chi connectivity index (χ4v) is 2.55. The van der Waals surface area contributed by atoms with Crippen LogP contribution in [0, 0.1) is 0 Å². The first-order chi connectivity index (χ1) is 12.3. The largest absolute Gasteiger partial charge is 0.351 e. The highest BCUT2D eigenvalue weighted by Gasteiger charge is 2.22. The van der Waals surface area contributed by atoms with Crippen LogP contribution in [-0.4, -0.2) is 12.6 Å². The maximum absolute atomic E-state index is 12.8. The molecular formula is C22H20O3. The van der Waals surface area contributed by atoms with E-state index < -0.39 is 6.10 Å². The predicted molar refractivity (Wildman–Crippen MR) is 97.1 cm³/mol. The van der Waals surface area contributed by atoms with E-state index in [-0.39, 0.29) is 12.6 Å². The summed E-state index contributed by atoms with van der Waals surface area (Å²) >= 11 is 0. The van der Waals surface area contributed by atoms with E-state index in [1.807, 2.05) is 78.9 Å². The fourth-order valence-electron chi connectivity index (χ4n) is 2.55. The van der Waals surface area contributed by atoms with Crippen molar-refractivity contribution in [1.82, 2.24) is 0 Å². The number of benzene rings is 3. The molecule has 0 saturated carbocycles. The summed E-state index contributed by atoms with van der Waals surface area (Å²) in [7, 11) is 0. The van der Waals surface area contributed by atoms with Gasteiger partial charge in [-0.25, -0.2) is 0 Å². The van der Waals surface area contributed by atoms with Gasteiger partial charge in [-0.15, -0.1) is 0 Å². The lowest BCUT2D eigenvalue weighted by Crippen LogP contribution is -2.18. The third-order valence-electron chi connectivity index (χ3n) is 3.83. The van der Waals surface area contributed by atoms with E-state index in [9.17, 15) is 4.79 Å². The van der Waals surface area contributed by atoms with Gasteiger partial charge in [-0.2, -0.15) is 0 Å². The van der Waals surface area contributed by atoms with Gasteiger partial charge in [0.1, 0.15) is 12.9 Å². The SMILES string of the molecule is O=C(c1ccccc1)[C@@H](OCOCc1ccccc1)c1ccccc1. The second-order valence-corrected chi connectivity index (χ2v) is 5.64. The number of ether oxygens (including phenoxy) is 2. The lowest BCUT2D eigenvalue weighted by molar-refractivity contribution is -0.0860. The van der Waals surface area contributed by atoms with Gasteiger partial charge in [-0.1, -0.05) is 91.0 Å². The van der Waals surface area contributed by atoms with E-state index in [1.165, 1.54) is 0 Å². The van der Waals surface area contributed by atoms with Crippen molar-refractivity contribution in [3.8, 4) is 0 Å². The fraction of sp³-hybridized carbons (Fsp3) is 0.136. The molecule has 0 aromatic heterocycles. The van der Waals surface area contributed by atoms with Crippen LogP contribution in [0.2, 0.25) is 0 Å². The molecule has 0 aliphatic carbocycles. The van der Waals surface area contributed by atoms with Crippen LogP contribution in [0.25, 0.3) is 0 Å². The summed E-state index contributed by atoms with van der Waals surface area (Å²) in [6, 6.07) is 28.5. The molecule has 0 fully saturated rings. The Hall–Kier alpha value is -2.75. The van der Waals surface area contributed by atoms with Gasteiger partial charge in [0.05, 0.1) is 6.61 Å². The molecule has 0 unspecified atom stereocenters.